The predicted molar refractivity (Wildman–Crippen MR) is 83.3 cm³/mol. The molecule has 2 aromatic rings. The number of urea groups is 1. The van der Waals surface area contributed by atoms with Crippen LogP contribution in [0.15, 0.2) is 35.7 Å². The number of rotatable bonds is 4. The second-order valence-corrected chi connectivity index (χ2v) is 5.81. The van der Waals surface area contributed by atoms with Crippen LogP contribution in [0.25, 0.3) is 0 Å². The van der Waals surface area contributed by atoms with E-state index in [0.717, 1.165) is 0 Å². The monoisotopic (exact) mass is 344 g/mol. The van der Waals surface area contributed by atoms with Gasteiger partial charge in [-0.05, 0) is 29.6 Å². The van der Waals surface area contributed by atoms with Crippen LogP contribution in [-0.4, -0.2) is 17.1 Å². The molecule has 0 aliphatic carbocycles. The number of aliphatic carboxylic acids is 1. The van der Waals surface area contributed by atoms with Gasteiger partial charge in [-0.2, -0.15) is 0 Å². The first kappa shape index (κ1) is 15.6. The highest BCUT2D eigenvalue weighted by molar-refractivity contribution is 7.10. The lowest BCUT2D eigenvalue weighted by atomic mass is 10.2. The molecule has 0 fully saturated rings. The van der Waals surface area contributed by atoms with Gasteiger partial charge in [-0.1, -0.05) is 29.3 Å². The van der Waals surface area contributed by atoms with Gasteiger partial charge in [0.1, 0.15) is 0 Å². The third-order valence-electron chi connectivity index (χ3n) is 2.53. The Balaban J connectivity index is 2.06. The summed E-state index contributed by atoms with van der Waals surface area (Å²) in [6.07, 6.45) is 0. The van der Waals surface area contributed by atoms with Crippen molar-refractivity contribution in [3.63, 3.8) is 0 Å². The first-order valence-corrected chi connectivity index (χ1v) is 7.39. The van der Waals surface area contributed by atoms with E-state index in [1.54, 1.807) is 23.6 Å². The van der Waals surface area contributed by atoms with Crippen LogP contribution in [-0.2, 0) is 4.79 Å². The molecular weight excluding hydrogens is 335 g/mol. The van der Waals surface area contributed by atoms with Crippen LogP contribution in [0.1, 0.15) is 10.9 Å². The van der Waals surface area contributed by atoms with E-state index in [1.807, 2.05) is 0 Å². The molecule has 0 aliphatic heterocycles. The van der Waals surface area contributed by atoms with Crippen LogP contribution in [0.2, 0.25) is 10.0 Å². The molecule has 2 amide bonds. The maximum Gasteiger partial charge on any atom is 0.331 e. The highest BCUT2D eigenvalue weighted by Crippen LogP contribution is 2.25. The lowest BCUT2D eigenvalue weighted by molar-refractivity contribution is -0.139. The van der Waals surface area contributed by atoms with Crippen molar-refractivity contribution in [2.45, 2.75) is 6.04 Å². The van der Waals surface area contributed by atoms with Crippen LogP contribution in [0.4, 0.5) is 10.5 Å². The Labute approximate surface area is 134 Å². The molecule has 1 heterocycles. The molecule has 1 aromatic carbocycles. The summed E-state index contributed by atoms with van der Waals surface area (Å²) in [5.74, 6) is -1.14. The fourth-order valence-corrected chi connectivity index (χ4v) is 2.65. The largest absolute Gasteiger partial charge is 0.479 e. The smallest absolute Gasteiger partial charge is 0.331 e. The van der Waals surface area contributed by atoms with E-state index in [9.17, 15) is 9.59 Å². The summed E-state index contributed by atoms with van der Waals surface area (Å²) >= 11 is 12.9. The van der Waals surface area contributed by atoms with Crippen molar-refractivity contribution in [3.8, 4) is 0 Å². The molecule has 8 heteroatoms. The minimum atomic E-state index is -1.14. The Bertz CT molecular complexity index is 661. The summed E-state index contributed by atoms with van der Waals surface area (Å²) in [4.78, 5) is 23.6. The SMILES string of the molecule is O=C(Nc1ccc(Cl)c(Cl)c1)NC(C(=O)O)c1cccs1. The Morgan fingerprint density at radius 3 is 2.52 bits per heavy atom. The number of anilines is 1. The van der Waals surface area contributed by atoms with Crippen molar-refractivity contribution in [1.29, 1.82) is 0 Å². The first-order chi connectivity index (χ1) is 9.97. The van der Waals surface area contributed by atoms with E-state index in [4.69, 9.17) is 28.3 Å². The summed E-state index contributed by atoms with van der Waals surface area (Å²) in [6.45, 7) is 0. The van der Waals surface area contributed by atoms with Gasteiger partial charge >= 0.3 is 12.0 Å². The Hall–Kier alpha value is -1.76. The van der Waals surface area contributed by atoms with Crippen molar-refractivity contribution in [3.05, 3.63) is 50.6 Å². The molecule has 0 spiro atoms. The average Bonchev–Trinajstić information content (AvgIpc) is 2.93. The highest BCUT2D eigenvalue weighted by atomic mass is 35.5. The Morgan fingerprint density at radius 2 is 1.95 bits per heavy atom. The van der Waals surface area contributed by atoms with E-state index >= 15 is 0 Å². The minimum Gasteiger partial charge on any atom is -0.479 e. The lowest BCUT2D eigenvalue weighted by Gasteiger charge is -2.14. The third kappa shape index (κ3) is 4.10. The zero-order valence-corrected chi connectivity index (χ0v) is 12.8. The summed E-state index contributed by atoms with van der Waals surface area (Å²) < 4.78 is 0. The molecular formula is C13H10Cl2N2O3S. The molecule has 0 saturated heterocycles. The van der Waals surface area contributed by atoms with Gasteiger partial charge in [-0.3, -0.25) is 0 Å². The number of halogens is 2. The molecule has 1 aromatic heterocycles. The van der Waals surface area contributed by atoms with Gasteiger partial charge in [-0.15, -0.1) is 11.3 Å². The quantitative estimate of drug-likeness (QED) is 0.784. The topological polar surface area (TPSA) is 78.4 Å². The number of nitrogens with one attached hydrogen (secondary N) is 2. The van der Waals surface area contributed by atoms with Crippen molar-refractivity contribution < 1.29 is 14.7 Å². The Kier molecular flexibility index (Phi) is 5.06. The zero-order valence-electron chi connectivity index (χ0n) is 10.5. The Morgan fingerprint density at radius 1 is 1.19 bits per heavy atom. The van der Waals surface area contributed by atoms with E-state index in [-0.39, 0.29) is 0 Å². The molecule has 21 heavy (non-hydrogen) atoms. The number of carbonyl (C=O) groups is 2. The summed E-state index contributed by atoms with van der Waals surface area (Å²) in [5, 5.41) is 16.5. The van der Waals surface area contributed by atoms with Crippen molar-refractivity contribution in [2.24, 2.45) is 0 Å². The van der Waals surface area contributed by atoms with Crippen molar-refractivity contribution >= 4 is 52.2 Å². The molecule has 5 nitrogen and oxygen atoms in total. The number of thiophene rings is 1. The van der Waals surface area contributed by atoms with Crippen molar-refractivity contribution in [2.75, 3.05) is 5.32 Å². The van der Waals surface area contributed by atoms with Gasteiger partial charge < -0.3 is 15.7 Å². The van der Waals surface area contributed by atoms with E-state index in [1.165, 1.54) is 23.5 Å². The maximum atomic E-state index is 11.9. The third-order valence-corrected chi connectivity index (χ3v) is 4.20. The van der Waals surface area contributed by atoms with Gasteiger partial charge in [0, 0.05) is 10.6 Å². The van der Waals surface area contributed by atoms with Crippen LogP contribution in [0, 0.1) is 0 Å². The normalized spacial score (nSPS) is 11.7. The summed E-state index contributed by atoms with van der Waals surface area (Å²) in [5.41, 5.74) is 0.414. The standard InChI is InChI=1S/C13H10Cl2N2O3S/c14-8-4-3-7(6-9(8)15)16-13(20)17-11(12(18)19)10-2-1-5-21-10/h1-6,11H,(H,18,19)(H2,16,17,20). The van der Waals surface area contributed by atoms with Crippen LogP contribution in [0.3, 0.4) is 0 Å². The van der Waals surface area contributed by atoms with Crippen LogP contribution < -0.4 is 10.6 Å². The van der Waals surface area contributed by atoms with Crippen molar-refractivity contribution in [1.82, 2.24) is 5.32 Å². The first-order valence-electron chi connectivity index (χ1n) is 5.76. The summed E-state index contributed by atoms with van der Waals surface area (Å²) in [6, 6.07) is 6.19. The van der Waals surface area contributed by atoms with Gasteiger partial charge in [0.2, 0.25) is 0 Å². The molecule has 1 unspecified atom stereocenters. The number of hydrogen-bond acceptors (Lipinski definition) is 3. The molecule has 0 radical (unpaired) electrons. The maximum absolute atomic E-state index is 11.9. The summed E-state index contributed by atoms with van der Waals surface area (Å²) in [7, 11) is 0. The fourth-order valence-electron chi connectivity index (χ4n) is 1.58. The average molecular weight is 345 g/mol. The van der Waals surface area contributed by atoms with Crippen LogP contribution in [0.5, 0.6) is 0 Å². The van der Waals surface area contributed by atoms with Crippen LogP contribution >= 0.6 is 34.5 Å². The molecule has 1 atom stereocenters. The van der Waals surface area contributed by atoms with Gasteiger partial charge in [0.15, 0.2) is 6.04 Å². The fraction of sp³-hybridized carbons (Fsp3) is 0.0769. The van der Waals surface area contributed by atoms with E-state index in [2.05, 4.69) is 10.6 Å². The molecule has 0 aliphatic rings. The number of carbonyl (C=O) groups excluding carboxylic acids is 1. The molecule has 0 saturated carbocycles. The minimum absolute atomic E-state index is 0.294. The second-order valence-electron chi connectivity index (χ2n) is 4.01. The van der Waals surface area contributed by atoms with E-state index in [0.29, 0.717) is 20.6 Å². The zero-order chi connectivity index (χ0) is 15.4. The molecule has 2 rings (SSSR count). The number of carboxylic acid groups (broad SMARTS) is 1. The number of hydrogen-bond donors (Lipinski definition) is 3. The molecule has 3 N–H and O–H groups in total. The van der Waals surface area contributed by atoms with Gasteiger partial charge in [-0.25, -0.2) is 9.59 Å². The molecule has 0 bridgehead atoms. The lowest BCUT2D eigenvalue weighted by Crippen LogP contribution is -2.36. The number of benzene rings is 1. The predicted octanol–water partition coefficient (Wildman–Crippen LogP) is 4.00. The second kappa shape index (κ2) is 6.80. The number of amides is 2. The van der Waals surface area contributed by atoms with Gasteiger partial charge in [0.25, 0.3) is 0 Å². The van der Waals surface area contributed by atoms with E-state index < -0.39 is 18.0 Å². The number of carboxylic acids is 1. The molecule has 110 valence electrons. The van der Waals surface area contributed by atoms with Gasteiger partial charge in [0.05, 0.1) is 10.0 Å². The highest BCUT2D eigenvalue weighted by Gasteiger charge is 2.23.